The van der Waals surface area contributed by atoms with Gasteiger partial charge in [-0.2, -0.15) is 0 Å². The Morgan fingerprint density at radius 2 is 2.22 bits per heavy atom. The number of carbonyl (C=O) groups is 1. The lowest BCUT2D eigenvalue weighted by molar-refractivity contribution is -0.400. The number of ether oxygens (including phenoxy) is 2. The molecule has 0 aromatic heterocycles. The largest absolute Gasteiger partial charge is 0.493 e. The van der Waals surface area contributed by atoms with Crippen molar-refractivity contribution in [2.45, 2.75) is 0 Å². The molecule has 0 spiro atoms. The molecule has 1 aromatic rings. The van der Waals surface area contributed by atoms with Crippen LogP contribution in [0.2, 0.25) is 0 Å². The molecule has 0 aliphatic rings. The Hall–Kier alpha value is -2.57. The van der Waals surface area contributed by atoms with Crippen molar-refractivity contribution in [2.75, 3.05) is 14.2 Å². The fourth-order valence-electron chi connectivity index (χ4n) is 1.22. The molecule has 1 aromatic carbocycles. The summed E-state index contributed by atoms with van der Waals surface area (Å²) < 4.78 is 10.0. The fraction of sp³-hybridized carbons (Fsp3) is 0.182. The normalized spacial score (nSPS) is 10.1. The van der Waals surface area contributed by atoms with Crippen LogP contribution in [-0.2, 0) is 0 Å². The lowest BCUT2D eigenvalue weighted by atomic mass is 10.2. The van der Waals surface area contributed by atoms with Crippen LogP contribution in [0.1, 0.15) is 5.56 Å². The molecule has 96 valence electrons. The number of hydrogen-bond donors (Lipinski definition) is 1. The molecule has 1 amide bonds. The second kappa shape index (κ2) is 6.24. The minimum absolute atomic E-state index is 0.123. The molecule has 0 fully saturated rings. The minimum Gasteiger partial charge on any atom is -0.493 e. The number of nitro groups is 1. The average Bonchev–Trinajstić information content (AvgIpc) is 2.36. The van der Waals surface area contributed by atoms with Gasteiger partial charge in [0.15, 0.2) is 11.5 Å². The van der Waals surface area contributed by atoms with Crippen molar-refractivity contribution in [3.63, 3.8) is 0 Å². The van der Waals surface area contributed by atoms with E-state index in [1.165, 1.54) is 20.2 Å². The minimum atomic E-state index is -0.685. The van der Waals surface area contributed by atoms with Crippen molar-refractivity contribution in [1.82, 2.24) is 5.32 Å². The summed E-state index contributed by atoms with van der Waals surface area (Å²) in [4.78, 5) is 20.9. The second-order valence-corrected chi connectivity index (χ2v) is 3.12. The van der Waals surface area contributed by atoms with Crippen molar-refractivity contribution in [1.29, 1.82) is 0 Å². The molecule has 0 saturated heterocycles. The number of para-hydroxylation sites is 1. The van der Waals surface area contributed by atoms with Gasteiger partial charge in [0.2, 0.25) is 6.20 Å². The molecule has 1 rings (SSSR count). The summed E-state index contributed by atoms with van der Waals surface area (Å²) in [5.41, 5.74) is 0.370. The molecule has 7 nitrogen and oxygen atoms in total. The van der Waals surface area contributed by atoms with Crippen molar-refractivity contribution in [3.05, 3.63) is 40.1 Å². The summed E-state index contributed by atoms with van der Waals surface area (Å²) in [6, 6.07) is 4.79. The molecule has 0 heterocycles. The first-order chi connectivity index (χ1) is 8.58. The van der Waals surface area contributed by atoms with Gasteiger partial charge in [0.1, 0.15) is 0 Å². The van der Waals surface area contributed by atoms with Crippen LogP contribution < -0.4 is 14.8 Å². The van der Waals surface area contributed by atoms with Gasteiger partial charge in [-0.05, 0) is 6.07 Å². The maximum absolute atomic E-state index is 11.2. The van der Waals surface area contributed by atoms with Crippen LogP contribution in [0.4, 0.5) is 4.79 Å². The van der Waals surface area contributed by atoms with E-state index in [0.29, 0.717) is 11.3 Å². The highest BCUT2D eigenvalue weighted by molar-refractivity contribution is 5.74. The van der Waals surface area contributed by atoms with Crippen LogP contribution in [0, 0.1) is 10.1 Å². The predicted octanol–water partition coefficient (Wildman–Crippen LogP) is 1.66. The molecule has 0 aliphatic carbocycles. The zero-order valence-corrected chi connectivity index (χ0v) is 9.88. The van der Waals surface area contributed by atoms with E-state index >= 15 is 0 Å². The van der Waals surface area contributed by atoms with Crippen LogP contribution in [0.5, 0.6) is 11.5 Å². The summed E-state index contributed by atoms with van der Waals surface area (Å²) in [5, 5.41) is 12.6. The fourth-order valence-corrected chi connectivity index (χ4v) is 1.22. The molecular formula is C11H12N2O5. The standard InChI is InChI=1S/C11H12N2O5/c1-12-11(14)18-10-8(6-7-13(15)16)4-3-5-9(10)17-2/h3-7H,1-2H3,(H,12,14). The van der Waals surface area contributed by atoms with Gasteiger partial charge >= 0.3 is 6.09 Å². The number of carbonyl (C=O) groups excluding carboxylic acids is 1. The molecule has 0 bridgehead atoms. The second-order valence-electron chi connectivity index (χ2n) is 3.12. The predicted molar refractivity (Wildman–Crippen MR) is 64.1 cm³/mol. The number of benzene rings is 1. The Morgan fingerprint density at radius 3 is 2.78 bits per heavy atom. The van der Waals surface area contributed by atoms with Crippen LogP contribution in [0.3, 0.4) is 0 Å². The summed E-state index contributed by atoms with van der Waals surface area (Å²) in [7, 11) is 2.82. The highest BCUT2D eigenvalue weighted by Gasteiger charge is 2.13. The van der Waals surface area contributed by atoms with E-state index in [1.807, 2.05) is 0 Å². The Labute approximate surface area is 103 Å². The third-order valence-electron chi connectivity index (χ3n) is 2.00. The Kier molecular flexibility index (Phi) is 4.67. The van der Waals surface area contributed by atoms with Crippen LogP contribution >= 0.6 is 0 Å². The highest BCUT2D eigenvalue weighted by Crippen LogP contribution is 2.32. The molecule has 0 radical (unpaired) electrons. The summed E-state index contributed by atoms with van der Waals surface area (Å²) >= 11 is 0. The zero-order chi connectivity index (χ0) is 13.5. The van der Waals surface area contributed by atoms with E-state index in [0.717, 1.165) is 6.20 Å². The van der Waals surface area contributed by atoms with Crippen molar-refractivity contribution in [3.8, 4) is 11.5 Å². The molecule has 0 unspecified atom stereocenters. The average molecular weight is 252 g/mol. The monoisotopic (exact) mass is 252 g/mol. The van der Waals surface area contributed by atoms with E-state index in [1.54, 1.807) is 18.2 Å². The van der Waals surface area contributed by atoms with Crippen LogP contribution in [0.25, 0.3) is 6.08 Å². The van der Waals surface area contributed by atoms with Gasteiger partial charge in [-0.1, -0.05) is 12.1 Å². The van der Waals surface area contributed by atoms with Crippen molar-refractivity contribution >= 4 is 12.2 Å². The first kappa shape index (κ1) is 13.5. The lowest BCUT2D eigenvalue weighted by Gasteiger charge is -2.10. The number of hydrogen-bond acceptors (Lipinski definition) is 5. The topological polar surface area (TPSA) is 90.7 Å². The number of nitrogens with zero attached hydrogens (tertiary/aromatic N) is 1. The van der Waals surface area contributed by atoms with E-state index < -0.39 is 11.0 Å². The Morgan fingerprint density at radius 1 is 1.50 bits per heavy atom. The van der Waals surface area contributed by atoms with E-state index in [9.17, 15) is 14.9 Å². The molecule has 7 heteroatoms. The summed E-state index contributed by atoms with van der Waals surface area (Å²) in [6.07, 6.45) is 1.29. The smallest absolute Gasteiger partial charge is 0.412 e. The molecule has 1 N–H and O–H groups in total. The number of amides is 1. The Bertz CT molecular complexity index is 484. The van der Waals surface area contributed by atoms with Crippen LogP contribution in [-0.4, -0.2) is 25.2 Å². The lowest BCUT2D eigenvalue weighted by Crippen LogP contribution is -2.22. The maximum Gasteiger partial charge on any atom is 0.412 e. The first-order valence-electron chi connectivity index (χ1n) is 4.96. The third-order valence-corrected chi connectivity index (χ3v) is 2.00. The van der Waals surface area contributed by atoms with E-state index in [2.05, 4.69) is 5.32 Å². The number of nitrogens with one attached hydrogen (secondary N) is 1. The third kappa shape index (κ3) is 3.48. The van der Waals surface area contributed by atoms with E-state index in [4.69, 9.17) is 9.47 Å². The number of rotatable bonds is 4. The Balaban J connectivity index is 3.15. The highest BCUT2D eigenvalue weighted by atomic mass is 16.6. The molecule has 0 aliphatic heterocycles. The SMILES string of the molecule is CNC(=O)Oc1c(C=C[N+](=O)[O-])cccc1OC. The van der Waals surface area contributed by atoms with Crippen molar-refractivity contribution in [2.24, 2.45) is 0 Å². The quantitative estimate of drug-likeness (QED) is 0.650. The van der Waals surface area contributed by atoms with Gasteiger partial charge in [-0.25, -0.2) is 4.79 Å². The van der Waals surface area contributed by atoms with Gasteiger partial charge < -0.3 is 14.8 Å². The molecule has 0 atom stereocenters. The summed E-state index contributed by atoms with van der Waals surface area (Å²) in [5.74, 6) is 0.432. The van der Waals surface area contributed by atoms with Gasteiger partial charge in [0.25, 0.3) is 0 Å². The van der Waals surface area contributed by atoms with Gasteiger partial charge in [0, 0.05) is 18.7 Å². The van der Waals surface area contributed by atoms with Gasteiger partial charge in [-0.15, -0.1) is 0 Å². The first-order valence-corrected chi connectivity index (χ1v) is 4.96. The van der Waals surface area contributed by atoms with Gasteiger partial charge in [-0.3, -0.25) is 10.1 Å². The van der Waals surface area contributed by atoms with E-state index in [-0.39, 0.29) is 5.75 Å². The summed E-state index contributed by atoms with van der Waals surface area (Å²) in [6.45, 7) is 0. The zero-order valence-electron chi connectivity index (χ0n) is 9.88. The molecular weight excluding hydrogens is 240 g/mol. The van der Waals surface area contributed by atoms with Crippen molar-refractivity contribution < 1.29 is 19.2 Å². The molecule has 0 saturated carbocycles. The molecule has 18 heavy (non-hydrogen) atoms. The maximum atomic E-state index is 11.2. The van der Waals surface area contributed by atoms with Gasteiger partial charge in [0.05, 0.1) is 12.0 Å². The van der Waals surface area contributed by atoms with Crippen LogP contribution in [0.15, 0.2) is 24.4 Å². The number of methoxy groups -OCH3 is 1.